The second-order valence-electron chi connectivity index (χ2n) is 3.73. The number of hydrogen-bond donors (Lipinski definition) is 1. The van der Waals surface area contributed by atoms with Crippen LogP contribution < -0.4 is 5.73 Å². The van der Waals surface area contributed by atoms with Crippen LogP contribution in [0.25, 0.3) is 0 Å². The van der Waals surface area contributed by atoms with Gasteiger partial charge in [0.25, 0.3) is 0 Å². The van der Waals surface area contributed by atoms with Crippen molar-refractivity contribution in [1.29, 1.82) is 0 Å². The monoisotopic (exact) mass is 253 g/mol. The lowest BCUT2D eigenvalue weighted by atomic mass is 10.2. The van der Waals surface area contributed by atoms with Gasteiger partial charge in [0.05, 0.1) is 0 Å². The number of benzene rings is 2. The van der Waals surface area contributed by atoms with Crippen LogP contribution >= 0.6 is 0 Å². The molecule has 2 aromatic carbocycles. The summed E-state index contributed by atoms with van der Waals surface area (Å²) in [4.78, 5) is 0. The van der Waals surface area contributed by atoms with E-state index in [1.54, 1.807) is 0 Å². The van der Waals surface area contributed by atoms with E-state index in [-0.39, 0.29) is 12.1 Å². The molecular formula is C14H14F3N. The summed E-state index contributed by atoms with van der Waals surface area (Å²) < 4.78 is 37.0. The van der Waals surface area contributed by atoms with E-state index >= 15 is 0 Å². The standard InChI is InChI=1S/C7H6F3N.C7H8/c8-5-1-4(3-11)2-6(9)7(5)10;1-7-5-3-2-4-6-7/h1-2H,3,11H2;2-6H,1H3. The van der Waals surface area contributed by atoms with Crippen molar-refractivity contribution in [2.24, 2.45) is 5.73 Å². The van der Waals surface area contributed by atoms with Gasteiger partial charge in [0.15, 0.2) is 17.5 Å². The highest BCUT2D eigenvalue weighted by atomic mass is 19.2. The molecule has 18 heavy (non-hydrogen) atoms. The average Bonchev–Trinajstić information content (AvgIpc) is 2.37. The Hall–Kier alpha value is -1.81. The van der Waals surface area contributed by atoms with E-state index < -0.39 is 17.5 Å². The summed E-state index contributed by atoms with van der Waals surface area (Å²) in [6.07, 6.45) is 0. The minimum absolute atomic E-state index is 0.00583. The van der Waals surface area contributed by atoms with E-state index in [1.165, 1.54) is 5.56 Å². The van der Waals surface area contributed by atoms with Crippen LogP contribution in [0.3, 0.4) is 0 Å². The molecule has 4 heteroatoms. The molecule has 0 unspecified atom stereocenters. The van der Waals surface area contributed by atoms with Gasteiger partial charge in [-0.25, -0.2) is 13.2 Å². The third-order valence-electron chi connectivity index (χ3n) is 2.22. The summed E-state index contributed by atoms with van der Waals surface area (Å²) in [7, 11) is 0. The van der Waals surface area contributed by atoms with Crippen molar-refractivity contribution in [2.75, 3.05) is 0 Å². The van der Waals surface area contributed by atoms with Crippen molar-refractivity contribution in [3.8, 4) is 0 Å². The molecule has 0 saturated heterocycles. The molecule has 0 heterocycles. The Bertz CT molecular complexity index is 475. The van der Waals surface area contributed by atoms with Gasteiger partial charge in [0.2, 0.25) is 0 Å². The molecule has 0 radical (unpaired) electrons. The number of rotatable bonds is 1. The molecule has 2 aromatic rings. The van der Waals surface area contributed by atoms with Crippen molar-refractivity contribution in [3.05, 3.63) is 71.0 Å². The highest BCUT2D eigenvalue weighted by Crippen LogP contribution is 2.12. The van der Waals surface area contributed by atoms with Crippen LogP contribution in [0.15, 0.2) is 42.5 Å². The predicted octanol–water partition coefficient (Wildman–Crippen LogP) is 3.56. The first-order valence-electron chi connectivity index (χ1n) is 5.39. The summed E-state index contributed by atoms with van der Waals surface area (Å²) >= 11 is 0. The molecule has 0 atom stereocenters. The molecule has 0 amide bonds. The van der Waals surface area contributed by atoms with Crippen molar-refractivity contribution >= 4 is 0 Å². The maximum atomic E-state index is 12.4. The highest BCUT2D eigenvalue weighted by Gasteiger charge is 2.08. The summed E-state index contributed by atoms with van der Waals surface area (Å²) in [6, 6.07) is 12.0. The maximum absolute atomic E-state index is 12.4. The fraction of sp³-hybridized carbons (Fsp3) is 0.143. The van der Waals surface area contributed by atoms with E-state index in [0.29, 0.717) is 0 Å². The van der Waals surface area contributed by atoms with Gasteiger partial charge in [-0.15, -0.1) is 0 Å². The summed E-state index contributed by atoms with van der Waals surface area (Å²) in [6.45, 7) is 2.08. The van der Waals surface area contributed by atoms with E-state index in [1.807, 2.05) is 18.2 Å². The van der Waals surface area contributed by atoms with Crippen molar-refractivity contribution in [2.45, 2.75) is 13.5 Å². The van der Waals surface area contributed by atoms with Crippen LogP contribution in [0.5, 0.6) is 0 Å². The zero-order valence-electron chi connectivity index (χ0n) is 9.96. The fourth-order valence-corrected chi connectivity index (χ4v) is 1.26. The molecule has 0 aliphatic rings. The Kier molecular flexibility index (Phi) is 5.39. The largest absolute Gasteiger partial charge is 0.326 e. The van der Waals surface area contributed by atoms with Gasteiger partial charge in [-0.3, -0.25) is 0 Å². The molecule has 0 aromatic heterocycles. The minimum Gasteiger partial charge on any atom is -0.326 e. The Labute approximate surface area is 104 Å². The topological polar surface area (TPSA) is 26.0 Å². The average molecular weight is 253 g/mol. The smallest absolute Gasteiger partial charge is 0.194 e. The molecule has 1 nitrogen and oxygen atoms in total. The second-order valence-corrected chi connectivity index (χ2v) is 3.73. The third-order valence-corrected chi connectivity index (χ3v) is 2.22. The lowest BCUT2D eigenvalue weighted by Crippen LogP contribution is -2.00. The van der Waals surface area contributed by atoms with Crippen molar-refractivity contribution in [3.63, 3.8) is 0 Å². The fourth-order valence-electron chi connectivity index (χ4n) is 1.26. The van der Waals surface area contributed by atoms with Gasteiger partial charge < -0.3 is 5.73 Å². The van der Waals surface area contributed by atoms with Crippen LogP contribution in [-0.4, -0.2) is 0 Å². The Morgan fingerprint density at radius 1 is 0.944 bits per heavy atom. The van der Waals surface area contributed by atoms with Gasteiger partial charge in [0, 0.05) is 6.54 Å². The van der Waals surface area contributed by atoms with Crippen LogP contribution in [0.4, 0.5) is 13.2 Å². The van der Waals surface area contributed by atoms with E-state index in [9.17, 15) is 13.2 Å². The summed E-state index contributed by atoms with van der Waals surface area (Å²) in [5.74, 6) is -3.86. The molecular weight excluding hydrogens is 239 g/mol. The third kappa shape index (κ3) is 4.22. The molecule has 2 rings (SSSR count). The zero-order valence-corrected chi connectivity index (χ0v) is 9.96. The first kappa shape index (κ1) is 14.3. The van der Waals surface area contributed by atoms with E-state index in [4.69, 9.17) is 5.73 Å². The first-order chi connectivity index (χ1) is 8.54. The lowest BCUT2D eigenvalue weighted by Gasteiger charge is -1.98. The highest BCUT2D eigenvalue weighted by molar-refractivity contribution is 5.18. The first-order valence-corrected chi connectivity index (χ1v) is 5.39. The van der Waals surface area contributed by atoms with Crippen LogP contribution in [0.1, 0.15) is 11.1 Å². The number of hydrogen-bond acceptors (Lipinski definition) is 1. The summed E-state index contributed by atoms with van der Waals surface area (Å²) in [5.41, 5.74) is 6.64. The van der Waals surface area contributed by atoms with E-state index in [0.717, 1.165) is 12.1 Å². The van der Waals surface area contributed by atoms with Crippen LogP contribution in [0.2, 0.25) is 0 Å². The Morgan fingerprint density at radius 2 is 1.44 bits per heavy atom. The molecule has 96 valence electrons. The normalized spacial score (nSPS) is 9.61. The number of nitrogens with two attached hydrogens (primary N) is 1. The molecule has 2 N–H and O–H groups in total. The van der Waals surface area contributed by atoms with Gasteiger partial charge in [-0.05, 0) is 24.6 Å². The van der Waals surface area contributed by atoms with Crippen molar-refractivity contribution < 1.29 is 13.2 Å². The Balaban J connectivity index is 0.000000199. The minimum atomic E-state index is -1.46. The SMILES string of the molecule is Cc1ccccc1.NCc1cc(F)c(F)c(F)c1. The molecule has 0 spiro atoms. The molecule has 0 saturated carbocycles. The zero-order chi connectivity index (χ0) is 13.5. The second kappa shape index (κ2) is 6.81. The quantitative estimate of drug-likeness (QED) is 0.773. The molecule has 0 bridgehead atoms. The molecule has 0 aliphatic carbocycles. The van der Waals surface area contributed by atoms with E-state index in [2.05, 4.69) is 19.1 Å². The van der Waals surface area contributed by atoms with Crippen molar-refractivity contribution in [1.82, 2.24) is 0 Å². The lowest BCUT2D eigenvalue weighted by molar-refractivity contribution is 0.445. The van der Waals surface area contributed by atoms with Gasteiger partial charge in [-0.2, -0.15) is 0 Å². The molecule has 0 fully saturated rings. The number of halogens is 3. The summed E-state index contributed by atoms with van der Waals surface area (Å²) in [5, 5.41) is 0. The van der Waals surface area contributed by atoms with Crippen LogP contribution in [0, 0.1) is 24.4 Å². The van der Waals surface area contributed by atoms with Gasteiger partial charge in [0.1, 0.15) is 0 Å². The number of aryl methyl sites for hydroxylation is 1. The maximum Gasteiger partial charge on any atom is 0.194 e. The predicted molar refractivity (Wildman–Crippen MR) is 65.4 cm³/mol. The van der Waals surface area contributed by atoms with Gasteiger partial charge >= 0.3 is 0 Å². The van der Waals surface area contributed by atoms with Gasteiger partial charge in [-0.1, -0.05) is 35.9 Å². The molecule has 0 aliphatic heterocycles. The Morgan fingerprint density at radius 3 is 1.78 bits per heavy atom. The van der Waals surface area contributed by atoms with Crippen LogP contribution in [-0.2, 0) is 6.54 Å².